The number of nitrogens with zero attached hydrogens (tertiary/aromatic N) is 1. The van der Waals surface area contributed by atoms with Crippen LogP contribution in [-0.2, 0) is 4.79 Å². The molecule has 122 valence electrons. The summed E-state index contributed by atoms with van der Waals surface area (Å²) in [6.45, 7) is 4.09. The topological polar surface area (TPSA) is 42.0 Å². The maximum atomic E-state index is 11.7. The predicted octanol–water partition coefficient (Wildman–Crippen LogP) is 5.52. The van der Waals surface area contributed by atoms with Crippen LogP contribution in [0.1, 0.15) is 24.6 Å². The van der Waals surface area contributed by atoms with Crippen LogP contribution in [-0.4, -0.2) is 10.9 Å². The second-order valence-electron chi connectivity index (χ2n) is 5.67. The van der Waals surface area contributed by atoms with Gasteiger partial charge in [0.15, 0.2) is 0 Å². The lowest BCUT2D eigenvalue weighted by Crippen LogP contribution is -2.10. The molecule has 0 saturated carbocycles. The van der Waals surface area contributed by atoms with Gasteiger partial charge in [0.2, 0.25) is 5.91 Å². The van der Waals surface area contributed by atoms with Gasteiger partial charge in [-0.2, -0.15) is 0 Å². The molecule has 1 N–H and O–H groups in total. The van der Waals surface area contributed by atoms with Gasteiger partial charge >= 0.3 is 0 Å². The molecule has 0 aliphatic carbocycles. The number of thiazole rings is 1. The fourth-order valence-electron chi connectivity index (χ4n) is 2.53. The molecule has 0 radical (unpaired) electrons. The number of hydrogen-bond donors (Lipinski definition) is 1. The van der Waals surface area contributed by atoms with Gasteiger partial charge in [0, 0.05) is 28.1 Å². The van der Waals surface area contributed by atoms with Crippen molar-refractivity contribution in [3.05, 3.63) is 59.5 Å². The van der Waals surface area contributed by atoms with Gasteiger partial charge in [-0.1, -0.05) is 49.4 Å². The number of anilines is 1. The summed E-state index contributed by atoms with van der Waals surface area (Å²) in [6.07, 6.45) is 1.40. The van der Waals surface area contributed by atoms with Crippen molar-refractivity contribution in [2.45, 2.75) is 26.7 Å². The first kappa shape index (κ1) is 16.4. The molecular weight excluding hydrogens is 316 g/mol. The Bertz CT molecular complexity index is 823. The second-order valence-corrected chi connectivity index (χ2v) is 6.87. The summed E-state index contributed by atoms with van der Waals surface area (Å²) in [5, 5.41) is 3.94. The van der Waals surface area contributed by atoms with E-state index >= 15 is 0 Å². The molecule has 3 rings (SSSR count). The smallest absolute Gasteiger partial charge is 0.224 e. The Labute approximate surface area is 146 Å². The van der Waals surface area contributed by atoms with E-state index in [2.05, 4.69) is 24.4 Å². The van der Waals surface area contributed by atoms with Gasteiger partial charge < -0.3 is 5.32 Å². The number of carbonyl (C=O) groups excluding carboxylic acids is 1. The molecule has 0 unspecified atom stereocenters. The molecule has 3 aromatic rings. The van der Waals surface area contributed by atoms with Crippen molar-refractivity contribution >= 4 is 22.9 Å². The van der Waals surface area contributed by atoms with Crippen molar-refractivity contribution in [2.75, 3.05) is 5.32 Å². The van der Waals surface area contributed by atoms with E-state index in [1.165, 1.54) is 4.88 Å². The Morgan fingerprint density at radius 3 is 2.42 bits per heavy atom. The van der Waals surface area contributed by atoms with Crippen molar-refractivity contribution in [1.29, 1.82) is 0 Å². The number of aromatic nitrogens is 1. The average molecular weight is 336 g/mol. The lowest BCUT2D eigenvalue weighted by atomic mass is 10.1. The molecule has 3 nitrogen and oxygen atoms in total. The van der Waals surface area contributed by atoms with Crippen LogP contribution in [0, 0.1) is 6.92 Å². The third-order valence-corrected chi connectivity index (χ3v) is 4.76. The van der Waals surface area contributed by atoms with E-state index in [9.17, 15) is 4.79 Å². The number of carbonyl (C=O) groups is 1. The summed E-state index contributed by atoms with van der Waals surface area (Å²) in [5.41, 5.74) is 4.04. The fraction of sp³-hybridized carbons (Fsp3) is 0.200. The van der Waals surface area contributed by atoms with Gasteiger partial charge in [0.05, 0.1) is 5.69 Å². The number of nitrogens with one attached hydrogen (secondary N) is 1. The molecule has 0 bridgehead atoms. The molecule has 1 amide bonds. The van der Waals surface area contributed by atoms with Crippen molar-refractivity contribution in [2.24, 2.45) is 0 Å². The van der Waals surface area contributed by atoms with Gasteiger partial charge in [-0.25, -0.2) is 4.98 Å². The van der Waals surface area contributed by atoms with Crippen molar-refractivity contribution in [3.63, 3.8) is 0 Å². The first-order valence-corrected chi connectivity index (χ1v) is 8.92. The molecule has 0 atom stereocenters. The Hall–Kier alpha value is -2.46. The van der Waals surface area contributed by atoms with Crippen LogP contribution in [0.4, 0.5) is 5.69 Å². The van der Waals surface area contributed by atoms with Gasteiger partial charge in [-0.15, -0.1) is 11.3 Å². The molecule has 0 saturated heterocycles. The highest BCUT2D eigenvalue weighted by atomic mass is 32.1. The zero-order valence-corrected chi connectivity index (χ0v) is 14.7. The van der Waals surface area contributed by atoms with Crippen molar-refractivity contribution < 1.29 is 4.79 Å². The molecule has 24 heavy (non-hydrogen) atoms. The maximum absolute atomic E-state index is 11.7. The molecule has 0 aliphatic heterocycles. The van der Waals surface area contributed by atoms with Crippen LogP contribution < -0.4 is 5.32 Å². The minimum absolute atomic E-state index is 0.0569. The van der Waals surface area contributed by atoms with Crippen LogP contribution in [0.25, 0.3) is 21.8 Å². The van der Waals surface area contributed by atoms with E-state index < -0.39 is 0 Å². The Balaban J connectivity index is 1.82. The number of rotatable bonds is 5. The maximum Gasteiger partial charge on any atom is 0.224 e. The molecule has 1 aromatic heterocycles. The van der Waals surface area contributed by atoms with Crippen molar-refractivity contribution in [3.8, 4) is 21.8 Å². The van der Waals surface area contributed by atoms with E-state index in [0.717, 1.165) is 33.9 Å². The first-order chi connectivity index (χ1) is 11.7. The second kappa shape index (κ2) is 7.41. The first-order valence-electron chi connectivity index (χ1n) is 8.10. The minimum Gasteiger partial charge on any atom is -0.326 e. The summed E-state index contributed by atoms with van der Waals surface area (Å²) in [7, 11) is 0. The summed E-state index contributed by atoms with van der Waals surface area (Å²) in [6, 6.07) is 18.1. The number of hydrogen-bond acceptors (Lipinski definition) is 3. The summed E-state index contributed by atoms with van der Waals surface area (Å²) in [4.78, 5) is 17.7. The lowest BCUT2D eigenvalue weighted by molar-refractivity contribution is -0.116. The Morgan fingerprint density at radius 1 is 1.04 bits per heavy atom. The molecule has 1 heterocycles. The Kier molecular flexibility index (Phi) is 5.06. The average Bonchev–Trinajstić information content (AvgIpc) is 2.98. The van der Waals surface area contributed by atoms with Gasteiger partial charge in [-0.05, 0) is 25.5 Å². The predicted molar refractivity (Wildman–Crippen MR) is 101 cm³/mol. The molecule has 4 heteroatoms. The molecule has 2 aromatic carbocycles. The normalized spacial score (nSPS) is 10.6. The Morgan fingerprint density at radius 2 is 1.75 bits per heavy atom. The van der Waals surface area contributed by atoms with Crippen LogP contribution in [0.15, 0.2) is 54.6 Å². The fourth-order valence-corrected chi connectivity index (χ4v) is 3.47. The van der Waals surface area contributed by atoms with Gasteiger partial charge in [-0.3, -0.25) is 4.79 Å². The molecule has 0 fully saturated rings. The zero-order valence-electron chi connectivity index (χ0n) is 13.9. The number of benzene rings is 2. The highest BCUT2D eigenvalue weighted by Crippen LogP contribution is 2.33. The number of aryl methyl sites for hydroxylation is 1. The summed E-state index contributed by atoms with van der Waals surface area (Å²) in [5.74, 6) is 0.0569. The highest BCUT2D eigenvalue weighted by Gasteiger charge is 2.11. The molecular formula is C20H20N2OS. The van der Waals surface area contributed by atoms with E-state index in [1.54, 1.807) is 11.3 Å². The third-order valence-electron chi connectivity index (χ3n) is 3.74. The van der Waals surface area contributed by atoms with E-state index in [4.69, 9.17) is 4.98 Å². The minimum atomic E-state index is 0.0569. The van der Waals surface area contributed by atoms with Crippen molar-refractivity contribution in [1.82, 2.24) is 4.98 Å². The quantitative estimate of drug-likeness (QED) is 0.666. The zero-order chi connectivity index (χ0) is 16.9. The summed E-state index contributed by atoms with van der Waals surface area (Å²) >= 11 is 1.70. The summed E-state index contributed by atoms with van der Waals surface area (Å²) < 4.78 is 0. The van der Waals surface area contributed by atoms with Crippen LogP contribution in [0.3, 0.4) is 0 Å². The standard InChI is InChI=1S/C20H20N2OS/c1-3-7-18(23)21-17-12-10-15(11-13-17)19-14(2)24-20(22-19)16-8-5-4-6-9-16/h4-6,8-13H,3,7H2,1-2H3,(H,21,23). The monoisotopic (exact) mass is 336 g/mol. The van der Waals surface area contributed by atoms with Crippen LogP contribution >= 0.6 is 11.3 Å². The largest absolute Gasteiger partial charge is 0.326 e. The SMILES string of the molecule is CCCC(=O)Nc1ccc(-c2nc(-c3ccccc3)sc2C)cc1. The lowest BCUT2D eigenvalue weighted by Gasteiger charge is -2.05. The molecule has 0 spiro atoms. The number of amides is 1. The highest BCUT2D eigenvalue weighted by molar-refractivity contribution is 7.15. The van der Waals surface area contributed by atoms with E-state index in [-0.39, 0.29) is 5.91 Å². The van der Waals surface area contributed by atoms with Crippen LogP contribution in [0.5, 0.6) is 0 Å². The molecule has 0 aliphatic rings. The van der Waals surface area contributed by atoms with Crippen LogP contribution in [0.2, 0.25) is 0 Å². The van der Waals surface area contributed by atoms with Gasteiger partial charge in [0.1, 0.15) is 5.01 Å². The third kappa shape index (κ3) is 3.71. The van der Waals surface area contributed by atoms with E-state index in [0.29, 0.717) is 6.42 Å². The van der Waals surface area contributed by atoms with Gasteiger partial charge in [0.25, 0.3) is 0 Å². The van der Waals surface area contributed by atoms with E-state index in [1.807, 2.05) is 49.4 Å².